The van der Waals surface area contributed by atoms with Gasteiger partial charge in [0.05, 0.1) is 17.4 Å². The van der Waals surface area contributed by atoms with Crippen molar-refractivity contribution in [3.8, 4) is 0 Å². The van der Waals surface area contributed by atoms with E-state index in [1.54, 1.807) is 11.6 Å². The molecule has 1 amide bonds. The third kappa shape index (κ3) is 6.19. The van der Waals surface area contributed by atoms with Crippen LogP contribution in [0, 0.1) is 5.92 Å². The number of carbonyl (C=O) groups excluding carboxylic acids is 1. The van der Waals surface area contributed by atoms with Gasteiger partial charge >= 0.3 is 0 Å². The molecule has 6 heteroatoms. The molecular weight excluding hydrogens is 340 g/mol. The molecule has 27 heavy (non-hydrogen) atoms. The number of rotatable bonds is 10. The monoisotopic (exact) mass is 372 g/mol. The Morgan fingerprint density at radius 1 is 1.37 bits per heavy atom. The molecule has 0 aliphatic rings. The van der Waals surface area contributed by atoms with Gasteiger partial charge in [-0.15, -0.1) is 0 Å². The highest BCUT2D eigenvalue weighted by Gasteiger charge is 2.14. The first-order valence-corrected chi connectivity index (χ1v) is 9.75. The molecule has 0 aliphatic heterocycles. The summed E-state index contributed by atoms with van der Waals surface area (Å²) in [6.45, 7) is 12.1. The molecule has 2 rings (SSSR count). The molecule has 1 unspecified atom stereocenters. The first-order chi connectivity index (χ1) is 12.9. The summed E-state index contributed by atoms with van der Waals surface area (Å²) < 4.78 is 2.18. The van der Waals surface area contributed by atoms with Crippen LogP contribution in [0.15, 0.2) is 30.6 Å². The fourth-order valence-corrected chi connectivity index (χ4v) is 3.35. The second kappa shape index (κ2) is 10.2. The second-order valence-corrected chi connectivity index (χ2v) is 7.48. The lowest BCUT2D eigenvalue weighted by molar-refractivity contribution is -0.124. The van der Waals surface area contributed by atoms with Gasteiger partial charge in [-0.2, -0.15) is 0 Å². The topological polar surface area (TPSA) is 70.4 Å². The highest BCUT2D eigenvalue weighted by atomic mass is 16.5. The highest BCUT2D eigenvalue weighted by Crippen LogP contribution is 2.17. The Labute approximate surface area is 161 Å². The predicted octanol–water partition coefficient (Wildman–Crippen LogP) is 3.70. The van der Waals surface area contributed by atoms with Crippen molar-refractivity contribution in [3.05, 3.63) is 36.2 Å². The van der Waals surface area contributed by atoms with Crippen molar-refractivity contribution in [3.63, 3.8) is 0 Å². The van der Waals surface area contributed by atoms with Crippen LogP contribution in [0.25, 0.3) is 17.1 Å². The van der Waals surface area contributed by atoms with Crippen LogP contribution in [0.3, 0.4) is 0 Å². The lowest BCUT2D eigenvalue weighted by Crippen LogP contribution is -2.37. The Kier molecular flexibility index (Phi) is 8.00. The fraction of sp³-hybridized carbons (Fsp3) is 0.524. The number of imidazole rings is 1. The van der Waals surface area contributed by atoms with Crippen molar-refractivity contribution in [1.29, 1.82) is 0 Å². The summed E-state index contributed by atoms with van der Waals surface area (Å²) in [5.74, 6) is 0.161. The number of nitrogens with zero attached hydrogens (tertiary/aromatic N) is 3. The third-order valence-corrected chi connectivity index (χ3v) is 4.87. The maximum absolute atomic E-state index is 11.1. The van der Waals surface area contributed by atoms with Crippen LogP contribution in [0.1, 0.15) is 46.1 Å². The minimum absolute atomic E-state index is 0.522. The normalized spacial score (nSPS) is 13.1. The number of hydrogen-bond donors (Lipinski definition) is 2. The Morgan fingerprint density at radius 3 is 2.81 bits per heavy atom. The molecule has 0 bridgehead atoms. The fourth-order valence-electron chi connectivity index (χ4n) is 3.35. The number of hydroxylamine groups is 1. The zero-order valence-electron chi connectivity index (χ0n) is 16.9. The van der Waals surface area contributed by atoms with Gasteiger partial charge in [0, 0.05) is 31.8 Å². The average Bonchev–Trinajstić information content (AvgIpc) is 3.05. The van der Waals surface area contributed by atoms with Gasteiger partial charge in [-0.05, 0) is 50.0 Å². The van der Waals surface area contributed by atoms with E-state index in [1.807, 2.05) is 24.5 Å². The summed E-state index contributed by atoms with van der Waals surface area (Å²) in [6, 6.07) is 6.44. The van der Waals surface area contributed by atoms with E-state index in [1.165, 1.54) is 18.9 Å². The molecule has 0 fully saturated rings. The number of benzene rings is 1. The molecule has 148 valence electrons. The molecule has 2 aromatic rings. The number of nitrogens with one attached hydrogen (secondary N) is 1. The molecule has 0 saturated carbocycles. The standard InChI is InChI=1S/C21H32N4O2/c1-5-6-17(4)14-24(16(2)3)11-12-25-15-22-19-13-18(7-9-20(19)25)8-10-21(26)23-27/h7-10,13,15-17,27H,5-6,11-12,14H2,1-4H3,(H,23,26)/b10-8+. The molecule has 6 nitrogen and oxygen atoms in total. The van der Waals surface area contributed by atoms with Crippen LogP contribution < -0.4 is 5.48 Å². The zero-order chi connectivity index (χ0) is 19.8. The van der Waals surface area contributed by atoms with Crippen molar-refractivity contribution in [2.24, 2.45) is 5.92 Å². The maximum atomic E-state index is 11.1. The minimum atomic E-state index is -0.549. The molecule has 1 atom stereocenters. The van der Waals surface area contributed by atoms with E-state index in [9.17, 15) is 4.79 Å². The van der Waals surface area contributed by atoms with Gasteiger partial charge in [0.1, 0.15) is 0 Å². The molecule has 0 spiro atoms. The number of amides is 1. The molecular formula is C21H32N4O2. The summed E-state index contributed by atoms with van der Waals surface area (Å²) in [5, 5.41) is 8.54. The largest absolute Gasteiger partial charge is 0.329 e. The second-order valence-electron chi connectivity index (χ2n) is 7.48. The number of carbonyl (C=O) groups is 1. The Balaban J connectivity index is 2.05. The van der Waals surface area contributed by atoms with Crippen LogP contribution in [-0.2, 0) is 11.3 Å². The number of aromatic nitrogens is 2. The molecule has 1 aromatic carbocycles. The van der Waals surface area contributed by atoms with Gasteiger partial charge in [0.15, 0.2) is 0 Å². The van der Waals surface area contributed by atoms with Crippen molar-refractivity contribution in [2.45, 2.75) is 53.1 Å². The summed E-state index contributed by atoms with van der Waals surface area (Å²) in [5.41, 5.74) is 4.44. The summed E-state index contributed by atoms with van der Waals surface area (Å²) in [6.07, 6.45) is 7.32. The van der Waals surface area contributed by atoms with Crippen LogP contribution in [-0.4, -0.2) is 44.7 Å². The van der Waals surface area contributed by atoms with E-state index >= 15 is 0 Å². The minimum Gasteiger partial charge on any atom is -0.329 e. The lowest BCUT2D eigenvalue weighted by atomic mass is 10.0. The van der Waals surface area contributed by atoms with Crippen LogP contribution in [0.5, 0.6) is 0 Å². The first-order valence-electron chi connectivity index (χ1n) is 9.75. The maximum Gasteiger partial charge on any atom is 0.267 e. The average molecular weight is 373 g/mol. The Morgan fingerprint density at radius 2 is 2.15 bits per heavy atom. The van der Waals surface area contributed by atoms with E-state index in [-0.39, 0.29) is 0 Å². The smallest absolute Gasteiger partial charge is 0.267 e. The first kappa shape index (κ1) is 21.1. The summed E-state index contributed by atoms with van der Waals surface area (Å²) in [4.78, 5) is 18.1. The van der Waals surface area contributed by atoms with E-state index in [0.29, 0.717) is 12.0 Å². The molecule has 0 aliphatic carbocycles. The van der Waals surface area contributed by atoms with Gasteiger partial charge in [-0.1, -0.05) is 26.3 Å². The van der Waals surface area contributed by atoms with Gasteiger partial charge in [-0.3, -0.25) is 14.9 Å². The van der Waals surface area contributed by atoms with Crippen LogP contribution in [0.4, 0.5) is 0 Å². The molecule has 2 N–H and O–H groups in total. The lowest BCUT2D eigenvalue weighted by Gasteiger charge is -2.29. The molecule has 0 radical (unpaired) electrons. The van der Waals surface area contributed by atoms with Crippen molar-refractivity contribution in [2.75, 3.05) is 13.1 Å². The quantitative estimate of drug-likeness (QED) is 0.379. The zero-order valence-corrected chi connectivity index (χ0v) is 16.9. The number of fused-ring (bicyclic) bond motifs is 1. The van der Waals surface area contributed by atoms with E-state index < -0.39 is 5.91 Å². The van der Waals surface area contributed by atoms with Crippen LogP contribution >= 0.6 is 0 Å². The van der Waals surface area contributed by atoms with Gasteiger partial charge in [0.2, 0.25) is 0 Å². The van der Waals surface area contributed by atoms with Crippen molar-refractivity contribution < 1.29 is 10.0 Å². The highest BCUT2D eigenvalue weighted by molar-refractivity contribution is 5.91. The molecule has 0 saturated heterocycles. The van der Waals surface area contributed by atoms with Crippen LogP contribution in [0.2, 0.25) is 0 Å². The SMILES string of the molecule is CCCC(C)CN(CCn1cnc2cc(/C=C/C(=O)NO)ccc21)C(C)C. The molecule has 1 heterocycles. The predicted molar refractivity (Wildman–Crippen MR) is 109 cm³/mol. The Hall–Kier alpha value is -2.18. The van der Waals surface area contributed by atoms with Gasteiger partial charge in [-0.25, -0.2) is 10.5 Å². The third-order valence-electron chi connectivity index (χ3n) is 4.87. The summed E-state index contributed by atoms with van der Waals surface area (Å²) in [7, 11) is 0. The van der Waals surface area contributed by atoms with E-state index in [2.05, 4.69) is 42.1 Å². The van der Waals surface area contributed by atoms with E-state index in [4.69, 9.17) is 5.21 Å². The molecule has 1 aromatic heterocycles. The number of hydrogen-bond acceptors (Lipinski definition) is 4. The van der Waals surface area contributed by atoms with E-state index in [0.717, 1.165) is 36.2 Å². The van der Waals surface area contributed by atoms with Gasteiger partial charge in [0.25, 0.3) is 5.91 Å². The van der Waals surface area contributed by atoms with Crippen molar-refractivity contribution >= 4 is 23.0 Å². The van der Waals surface area contributed by atoms with Gasteiger partial charge < -0.3 is 4.57 Å². The Bertz CT molecular complexity index is 767. The summed E-state index contributed by atoms with van der Waals surface area (Å²) >= 11 is 0. The van der Waals surface area contributed by atoms with Crippen molar-refractivity contribution in [1.82, 2.24) is 19.9 Å².